The van der Waals surface area contributed by atoms with Crippen LogP contribution in [0.4, 0.5) is 16.2 Å². The summed E-state index contributed by atoms with van der Waals surface area (Å²) in [6, 6.07) is 6.81. The third-order valence-corrected chi connectivity index (χ3v) is 4.77. The summed E-state index contributed by atoms with van der Waals surface area (Å²) in [5.74, 6) is -0.820. The second-order valence-corrected chi connectivity index (χ2v) is 7.48. The summed E-state index contributed by atoms with van der Waals surface area (Å²) in [6.07, 6.45) is -0.650. The predicted molar refractivity (Wildman–Crippen MR) is 115 cm³/mol. The van der Waals surface area contributed by atoms with E-state index in [2.05, 4.69) is 15.5 Å². The minimum absolute atomic E-state index is 0.127. The van der Waals surface area contributed by atoms with Gasteiger partial charge in [0.25, 0.3) is 0 Å². The molecule has 1 fully saturated rings. The lowest BCUT2D eigenvalue weighted by Gasteiger charge is -2.29. The van der Waals surface area contributed by atoms with Gasteiger partial charge >= 0.3 is 6.09 Å². The van der Waals surface area contributed by atoms with E-state index in [0.717, 1.165) is 18.8 Å². The molecule has 1 aromatic carbocycles. The Bertz CT molecular complexity index is 717. The first-order valence-corrected chi connectivity index (χ1v) is 10.2. The van der Waals surface area contributed by atoms with Gasteiger partial charge in [0, 0.05) is 31.5 Å². The van der Waals surface area contributed by atoms with Gasteiger partial charge in [-0.2, -0.15) is 0 Å². The standard InChI is InChI=1S/C21H32N4O5/c1-5-30-21(28)23-19(15(2)3)20(27)24(4)14-18(26)22-16-6-8-17(9-7-16)25-10-12-29-13-11-25/h6-9,15,19H,5,10-14H2,1-4H3,(H,22,26)(H,23,28). The van der Waals surface area contributed by atoms with Crippen molar-refractivity contribution in [1.82, 2.24) is 10.2 Å². The molecule has 1 aliphatic rings. The zero-order valence-electron chi connectivity index (χ0n) is 18.1. The fraction of sp³-hybridized carbons (Fsp3) is 0.571. The zero-order chi connectivity index (χ0) is 22.1. The molecule has 0 saturated carbocycles. The van der Waals surface area contributed by atoms with Gasteiger partial charge in [-0.05, 0) is 37.1 Å². The number of morpholine rings is 1. The van der Waals surface area contributed by atoms with Crippen LogP contribution in [0.1, 0.15) is 20.8 Å². The first-order valence-electron chi connectivity index (χ1n) is 10.2. The van der Waals surface area contributed by atoms with Crippen LogP contribution >= 0.6 is 0 Å². The Kier molecular flexibility index (Phi) is 8.91. The molecule has 0 aromatic heterocycles. The number of likely N-dealkylation sites (N-methyl/N-ethyl adjacent to an activating group) is 1. The first kappa shape index (κ1) is 23.5. The molecule has 1 heterocycles. The fourth-order valence-electron chi connectivity index (χ4n) is 3.12. The Morgan fingerprint density at radius 1 is 1.17 bits per heavy atom. The lowest BCUT2D eigenvalue weighted by atomic mass is 10.0. The van der Waals surface area contributed by atoms with Crippen molar-refractivity contribution >= 4 is 29.3 Å². The number of carbonyl (C=O) groups excluding carboxylic acids is 3. The fourth-order valence-corrected chi connectivity index (χ4v) is 3.12. The van der Waals surface area contributed by atoms with Gasteiger partial charge < -0.3 is 29.9 Å². The summed E-state index contributed by atoms with van der Waals surface area (Å²) in [7, 11) is 1.53. The Morgan fingerprint density at radius 3 is 2.37 bits per heavy atom. The maximum absolute atomic E-state index is 12.7. The number of amides is 3. The summed E-state index contributed by atoms with van der Waals surface area (Å²) in [5, 5.41) is 5.36. The van der Waals surface area contributed by atoms with Crippen LogP contribution in [0.5, 0.6) is 0 Å². The topological polar surface area (TPSA) is 100 Å². The van der Waals surface area contributed by atoms with Gasteiger partial charge in [0.05, 0.1) is 26.4 Å². The van der Waals surface area contributed by atoms with Crippen LogP contribution in [0.15, 0.2) is 24.3 Å². The molecule has 0 aliphatic carbocycles. The number of benzene rings is 1. The number of rotatable bonds is 8. The number of hydrogen-bond donors (Lipinski definition) is 2. The molecule has 1 aliphatic heterocycles. The van der Waals surface area contributed by atoms with Gasteiger partial charge in [0.1, 0.15) is 6.04 Å². The Hall–Kier alpha value is -2.81. The molecule has 9 heteroatoms. The van der Waals surface area contributed by atoms with Crippen molar-refractivity contribution in [3.63, 3.8) is 0 Å². The van der Waals surface area contributed by atoms with Crippen LogP contribution in [-0.4, -0.2) is 75.4 Å². The molecule has 1 saturated heterocycles. The minimum Gasteiger partial charge on any atom is -0.450 e. The minimum atomic E-state index is -0.769. The number of hydrogen-bond acceptors (Lipinski definition) is 6. The molecule has 1 unspecified atom stereocenters. The molecule has 1 aromatic rings. The van der Waals surface area contributed by atoms with Gasteiger partial charge in [-0.3, -0.25) is 9.59 Å². The summed E-state index contributed by atoms with van der Waals surface area (Å²) < 4.78 is 10.2. The monoisotopic (exact) mass is 420 g/mol. The number of anilines is 2. The van der Waals surface area contributed by atoms with E-state index < -0.39 is 12.1 Å². The molecule has 0 radical (unpaired) electrons. The van der Waals surface area contributed by atoms with Crippen LogP contribution in [-0.2, 0) is 19.1 Å². The third kappa shape index (κ3) is 6.91. The molecule has 2 N–H and O–H groups in total. The van der Waals surface area contributed by atoms with E-state index in [1.54, 1.807) is 6.92 Å². The van der Waals surface area contributed by atoms with Crippen LogP contribution in [0.3, 0.4) is 0 Å². The van der Waals surface area contributed by atoms with Crippen molar-refractivity contribution < 1.29 is 23.9 Å². The maximum atomic E-state index is 12.7. The normalized spacial score (nSPS) is 14.8. The Labute approximate surface area is 177 Å². The van der Waals surface area contributed by atoms with Crippen molar-refractivity contribution in [1.29, 1.82) is 0 Å². The van der Waals surface area contributed by atoms with E-state index in [0.29, 0.717) is 18.9 Å². The number of ether oxygens (including phenoxy) is 2. The van der Waals surface area contributed by atoms with Gasteiger partial charge in [0.2, 0.25) is 11.8 Å². The SMILES string of the molecule is CCOC(=O)NC(C(=O)N(C)CC(=O)Nc1ccc(N2CCOCC2)cc1)C(C)C. The predicted octanol–water partition coefficient (Wildman–Crippen LogP) is 1.69. The molecule has 166 valence electrons. The molecular formula is C21H32N4O5. The molecule has 9 nitrogen and oxygen atoms in total. The first-order chi connectivity index (χ1) is 14.3. The van der Waals surface area contributed by atoms with E-state index >= 15 is 0 Å². The highest BCUT2D eigenvalue weighted by Crippen LogP contribution is 2.19. The van der Waals surface area contributed by atoms with Crippen LogP contribution in [0.2, 0.25) is 0 Å². The van der Waals surface area contributed by atoms with Crippen molar-refractivity contribution in [3.05, 3.63) is 24.3 Å². The van der Waals surface area contributed by atoms with E-state index in [1.807, 2.05) is 38.1 Å². The van der Waals surface area contributed by atoms with Crippen molar-refractivity contribution in [2.75, 3.05) is 56.7 Å². The number of alkyl carbamates (subject to hydrolysis) is 1. The molecule has 2 rings (SSSR count). The largest absolute Gasteiger partial charge is 0.450 e. The third-order valence-electron chi connectivity index (χ3n) is 4.77. The lowest BCUT2D eigenvalue weighted by Crippen LogP contribution is -2.51. The van der Waals surface area contributed by atoms with Gasteiger partial charge in [0.15, 0.2) is 0 Å². The van der Waals surface area contributed by atoms with E-state index in [9.17, 15) is 14.4 Å². The number of nitrogens with one attached hydrogen (secondary N) is 2. The highest BCUT2D eigenvalue weighted by Gasteiger charge is 2.28. The quantitative estimate of drug-likeness (QED) is 0.664. The van der Waals surface area contributed by atoms with Crippen LogP contribution in [0, 0.1) is 5.92 Å². The molecule has 30 heavy (non-hydrogen) atoms. The number of carbonyl (C=O) groups is 3. The van der Waals surface area contributed by atoms with Crippen molar-refractivity contribution in [2.45, 2.75) is 26.8 Å². The summed E-state index contributed by atoms with van der Waals surface area (Å²) in [4.78, 5) is 40.3. The van der Waals surface area contributed by atoms with E-state index in [-0.39, 0.29) is 30.9 Å². The molecule has 0 bridgehead atoms. The van der Waals surface area contributed by atoms with E-state index in [4.69, 9.17) is 9.47 Å². The van der Waals surface area contributed by atoms with Crippen molar-refractivity contribution in [2.24, 2.45) is 5.92 Å². The second kappa shape index (κ2) is 11.4. The Balaban J connectivity index is 1.89. The van der Waals surface area contributed by atoms with Crippen molar-refractivity contribution in [3.8, 4) is 0 Å². The zero-order valence-corrected chi connectivity index (χ0v) is 18.1. The summed E-state index contributed by atoms with van der Waals surface area (Å²) in [5.41, 5.74) is 1.73. The smallest absolute Gasteiger partial charge is 0.407 e. The lowest BCUT2D eigenvalue weighted by molar-refractivity contribution is -0.136. The molecule has 1 atom stereocenters. The van der Waals surface area contributed by atoms with Gasteiger partial charge in [-0.15, -0.1) is 0 Å². The Morgan fingerprint density at radius 2 is 1.80 bits per heavy atom. The maximum Gasteiger partial charge on any atom is 0.407 e. The van der Waals surface area contributed by atoms with Gasteiger partial charge in [-0.25, -0.2) is 4.79 Å². The van der Waals surface area contributed by atoms with Crippen LogP contribution < -0.4 is 15.5 Å². The summed E-state index contributed by atoms with van der Waals surface area (Å²) >= 11 is 0. The molecular weight excluding hydrogens is 388 g/mol. The van der Waals surface area contributed by atoms with Gasteiger partial charge in [-0.1, -0.05) is 13.8 Å². The number of nitrogens with zero attached hydrogens (tertiary/aromatic N) is 2. The average Bonchev–Trinajstić information content (AvgIpc) is 2.72. The molecule has 0 spiro atoms. The molecule has 3 amide bonds. The van der Waals surface area contributed by atoms with Crippen LogP contribution in [0.25, 0.3) is 0 Å². The summed E-state index contributed by atoms with van der Waals surface area (Å²) in [6.45, 7) is 8.52. The van der Waals surface area contributed by atoms with E-state index in [1.165, 1.54) is 11.9 Å². The highest BCUT2D eigenvalue weighted by atomic mass is 16.5. The average molecular weight is 421 g/mol. The second-order valence-electron chi connectivity index (χ2n) is 7.48. The highest BCUT2D eigenvalue weighted by molar-refractivity contribution is 5.95.